The van der Waals surface area contributed by atoms with E-state index in [4.69, 9.17) is 5.11 Å². The Morgan fingerprint density at radius 1 is 1.59 bits per heavy atom. The van der Waals surface area contributed by atoms with E-state index in [1.807, 2.05) is 18.5 Å². The SMILES string of the molecule is Cn1nnnc1SCc1cc(C#CCO)cs1. The summed E-state index contributed by atoms with van der Waals surface area (Å²) in [6.45, 7) is -0.107. The Kier molecular flexibility index (Phi) is 4.14. The summed E-state index contributed by atoms with van der Waals surface area (Å²) < 4.78 is 1.64. The van der Waals surface area contributed by atoms with Gasteiger partial charge in [-0.15, -0.1) is 16.4 Å². The van der Waals surface area contributed by atoms with Crippen molar-refractivity contribution in [1.82, 2.24) is 20.2 Å². The maximum absolute atomic E-state index is 8.59. The van der Waals surface area contributed by atoms with Crippen molar-refractivity contribution in [2.75, 3.05) is 6.61 Å². The fourth-order valence-electron chi connectivity index (χ4n) is 1.14. The molecule has 0 saturated heterocycles. The second-order valence-electron chi connectivity index (χ2n) is 3.14. The van der Waals surface area contributed by atoms with E-state index < -0.39 is 0 Å². The van der Waals surface area contributed by atoms with E-state index >= 15 is 0 Å². The zero-order valence-electron chi connectivity index (χ0n) is 9.12. The summed E-state index contributed by atoms with van der Waals surface area (Å²) in [6, 6.07) is 2.02. The van der Waals surface area contributed by atoms with Gasteiger partial charge >= 0.3 is 0 Å². The summed E-state index contributed by atoms with van der Waals surface area (Å²) in [5.41, 5.74) is 0.941. The van der Waals surface area contributed by atoms with Crippen molar-refractivity contribution in [2.24, 2.45) is 7.05 Å². The Labute approximate surface area is 107 Å². The van der Waals surface area contributed by atoms with E-state index in [1.165, 1.54) is 4.88 Å². The molecule has 17 heavy (non-hydrogen) atoms. The van der Waals surface area contributed by atoms with E-state index in [1.54, 1.807) is 27.8 Å². The molecule has 2 aromatic heterocycles. The van der Waals surface area contributed by atoms with Crippen molar-refractivity contribution in [1.29, 1.82) is 0 Å². The Balaban J connectivity index is 1.96. The van der Waals surface area contributed by atoms with Gasteiger partial charge in [0.1, 0.15) is 6.61 Å². The average molecular weight is 266 g/mol. The van der Waals surface area contributed by atoms with Crippen LogP contribution >= 0.6 is 23.1 Å². The highest BCUT2D eigenvalue weighted by Gasteiger charge is 2.04. The summed E-state index contributed by atoms with van der Waals surface area (Å²) in [4.78, 5) is 1.21. The first-order valence-corrected chi connectivity index (χ1v) is 6.68. The van der Waals surface area contributed by atoms with E-state index in [-0.39, 0.29) is 6.61 Å². The van der Waals surface area contributed by atoms with Crippen LogP contribution in [0.1, 0.15) is 10.4 Å². The number of thioether (sulfide) groups is 1. The Hall–Kier alpha value is -1.36. The van der Waals surface area contributed by atoms with Crippen molar-refractivity contribution in [3.05, 3.63) is 21.9 Å². The van der Waals surface area contributed by atoms with E-state index in [9.17, 15) is 0 Å². The van der Waals surface area contributed by atoms with Crippen molar-refractivity contribution >= 4 is 23.1 Å². The third kappa shape index (κ3) is 3.30. The predicted molar refractivity (Wildman–Crippen MR) is 66.6 cm³/mol. The molecule has 5 nitrogen and oxygen atoms in total. The van der Waals surface area contributed by atoms with Gasteiger partial charge in [-0.25, -0.2) is 4.68 Å². The number of aromatic nitrogens is 4. The van der Waals surface area contributed by atoms with Gasteiger partial charge in [-0.2, -0.15) is 0 Å². The number of thiophene rings is 1. The van der Waals surface area contributed by atoms with Crippen LogP contribution in [-0.2, 0) is 12.8 Å². The maximum atomic E-state index is 8.59. The fraction of sp³-hybridized carbons (Fsp3) is 0.300. The maximum Gasteiger partial charge on any atom is 0.209 e. The van der Waals surface area contributed by atoms with Gasteiger partial charge in [0.15, 0.2) is 0 Å². The molecule has 0 spiro atoms. The highest BCUT2D eigenvalue weighted by Crippen LogP contribution is 2.23. The molecule has 2 heterocycles. The van der Waals surface area contributed by atoms with Gasteiger partial charge in [-0.05, 0) is 16.5 Å². The van der Waals surface area contributed by atoms with Gasteiger partial charge < -0.3 is 5.11 Å². The molecule has 0 unspecified atom stereocenters. The molecule has 0 bridgehead atoms. The van der Waals surface area contributed by atoms with Crippen LogP contribution in [0.3, 0.4) is 0 Å². The van der Waals surface area contributed by atoms with E-state index in [0.717, 1.165) is 16.5 Å². The van der Waals surface area contributed by atoms with Crippen LogP contribution in [0.4, 0.5) is 0 Å². The first-order valence-electron chi connectivity index (χ1n) is 4.82. The molecule has 88 valence electrons. The Morgan fingerprint density at radius 2 is 2.47 bits per heavy atom. The summed E-state index contributed by atoms with van der Waals surface area (Å²) in [5, 5.41) is 22.6. The Morgan fingerprint density at radius 3 is 3.18 bits per heavy atom. The summed E-state index contributed by atoms with van der Waals surface area (Å²) in [7, 11) is 1.81. The lowest BCUT2D eigenvalue weighted by atomic mass is 10.3. The molecular weight excluding hydrogens is 256 g/mol. The van der Waals surface area contributed by atoms with Gasteiger partial charge in [-0.3, -0.25) is 0 Å². The molecule has 0 aliphatic carbocycles. The van der Waals surface area contributed by atoms with Crippen LogP contribution in [-0.4, -0.2) is 31.9 Å². The second kappa shape index (κ2) is 5.82. The normalized spacial score (nSPS) is 10.0. The molecular formula is C10H10N4OS2. The summed E-state index contributed by atoms with van der Waals surface area (Å²) in [6.07, 6.45) is 0. The number of hydrogen-bond donors (Lipinski definition) is 1. The minimum Gasteiger partial charge on any atom is -0.384 e. The zero-order valence-corrected chi connectivity index (χ0v) is 10.8. The molecule has 0 atom stereocenters. The monoisotopic (exact) mass is 266 g/mol. The van der Waals surface area contributed by atoms with Gasteiger partial charge in [0.25, 0.3) is 0 Å². The van der Waals surface area contributed by atoms with Crippen LogP contribution in [0.5, 0.6) is 0 Å². The van der Waals surface area contributed by atoms with Gasteiger partial charge in [0, 0.05) is 28.6 Å². The molecule has 0 saturated carbocycles. The average Bonchev–Trinajstić information content (AvgIpc) is 2.93. The van der Waals surface area contributed by atoms with Crippen molar-refractivity contribution in [3.8, 4) is 11.8 Å². The summed E-state index contributed by atoms with van der Waals surface area (Å²) >= 11 is 3.23. The number of tetrazole rings is 1. The fourth-order valence-corrected chi connectivity index (χ4v) is 2.86. The first kappa shape index (κ1) is 12.1. The third-order valence-electron chi connectivity index (χ3n) is 1.89. The minimum atomic E-state index is -0.107. The lowest BCUT2D eigenvalue weighted by Gasteiger charge is -1.95. The molecule has 7 heteroatoms. The van der Waals surface area contributed by atoms with Crippen LogP contribution < -0.4 is 0 Å². The van der Waals surface area contributed by atoms with Crippen molar-refractivity contribution in [3.63, 3.8) is 0 Å². The molecule has 2 rings (SSSR count). The molecule has 0 aliphatic rings. The lowest BCUT2D eigenvalue weighted by molar-refractivity contribution is 0.350. The molecule has 0 aromatic carbocycles. The number of rotatable bonds is 3. The molecule has 0 aliphatic heterocycles. The van der Waals surface area contributed by atoms with Crippen molar-refractivity contribution < 1.29 is 5.11 Å². The smallest absolute Gasteiger partial charge is 0.209 e. The number of aliphatic hydroxyl groups excluding tert-OH is 1. The topological polar surface area (TPSA) is 63.8 Å². The number of nitrogens with zero attached hydrogens (tertiary/aromatic N) is 4. The van der Waals surface area contributed by atoms with Gasteiger partial charge in [-0.1, -0.05) is 23.6 Å². The van der Waals surface area contributed by atoms with Gasteiger partial charge in [0.05, 0.1) is 0 Å². The predicted octanol–water partition coefficient (Wildman–Crippen LogP) is 0.908. The van der Waals surface area contributed by atoms with Gasteiger partial charge in [0.2, 0.25) is 5.16 Å². The quantitative estimate of drug-likeness (QED) is 0.661. The molecule has 0 radical (unpaired) electrons. The Bertz CT molecular complexity index is 552. The largest absolute Gasteiger partial charge is 0.384 e. The van der Waals surface area contributed by atoms with E-state index in [0.29, 0.717) is 0 Å². The zero-order chi connectivity index (χ0) is 12.1. The second-order valence-corrected chi connectivity index (χ2v) is 5.07. The van der Waals surface area contributed by atoms with Crippen molar-refractivity contribution in [2.45, 2.75) is 10.9 Å². The lowest BCUT2D eigenvalue weighted by Crippen LogP contribution is -1.92. The first-order chi connectivity index (χ1) is 8.29. The van der Waals surface area contributed by atoms with Crippen LogP contribution in [0.25, 0.3) is 0 Å². The number of aliphatic hydroxyl groups is 1. The summed E-state index contributed by atoms with van der Waals surface area (Å²) in [5.74, 6) is 6.32. The number of aryl methyl sites for hydroxylation is 1. The molecule has 0 fully saturated rings. The standard InChI is InChI=1S/C10H10N4OS2/c1-14-10(11-12-13-14)17-7-9-5-8(6-16-9)3-2-4-15/h5-6,15H,4,7H2,1H3. The minimum absolute atomic E-state index is 0.107. The molecule has 1 N–H and O–H groups in total. The molecule has 0 amide bonds. The molecule has 2 aromatic rings. The van der Waals surface area contributed by atoms with Crippen LogP contribution in [0, 0.1) is 11.8 Å². The third-order valence-corrected chi connectivity index (χ3v) is 4.07. The highest BCUT2D eigenvalue weighted by atomic mass is 32.2. The highest BCUT2D eigenvalue weighted by molar-refractivity contribution is 7.98. The number of hydrogen-bond acceptors (Lipinski definition) is 6. The van der Waals surface area contributed by atoms with E-state index in [2.05, 4.69) is 27.4 Å². The van der Waals surface area contributed by atoms with Crippen LogP contribution in [0.15, 0.2) is 16.6 Å². The van der Waals surface area contributed by atoms with Crippen LogP contribution in [0.2, 0.25) is 0 Å².